The zero-order chi connectivity index (χ0) is 21.3. The zero-order valence-corrected chi connectivity index (χ0v) is 18.6. The number of hydrogen-bond acceptors (Lipinski definition) is 6. The van der Waals surface area contributed by atoms with Crippen LogP contribution in [-0.4, -0.2) is 26.8 Å². The Balaban J connectivity index is 1.66. The van der Waals surface area contributed by atoms with Crippen molar-refractivity contribution in [1.29, 1.82) is 0 Å². The summed E-state index contributed by atoms with van der Waals surface area (Å²) >= 11 is 12.2. The Morgan fingerprint density at radius 3 is 2.67 bits per heavy atom. The number of benzene rings is 2. The monoisotopic (exact) mass is 449 g/mol. The first-order valence-electron chi connectivity index (χ1n) is 9.93. The highest BCUT2D eigenvalue weighted by molar-refractivity contribution is 6.35. The van der Waals surface area contributed by atoms with E-state index < -0.39 is 0 Å². The van der Waals surface area contributed by atoms with Crippen LogP contribution < -0.4 is 14.8 Å². The van der Waals surface area contributed by atoms with Crippen molar-refractivity contribution < 1.29 is 9.47 Å². The molecular formula is C21H25Cl2N5O2. The molecule has 2 aromatic carbocycles. The van der Waals surface area contributed by atoms with Gasteiger partial charge >= 0.3 is 0 Å². The van der Waals surface area contributed by atoms with Crippen LogP contribution in [0, 0.1) is 0 Å². The lowest BCUT2D eigenvalue weighted by atomic mass is 10.2. The largest absolute Gasteiger partial charge is 0.490 e. The quantitative estimate of drug-likeness (QED) is 0.424. The lowest BCUT2D eigenvalue weighted by Gasteiger charge is -2.14. The average molecular weight is 450 g/mol. The molecule has 160 valence electrons. The highest BCUT2D eigenvalue weighted by Crippen LogP contribution is 2.30. The maximum Gasteiger partial charge on any atom is 0.243 e. The molecule has 9 heteroatoms. The molecule has 0 aliphatic rings. The van der Waals surface area contributed by atoms with E-state index in [-0.39, 0.29) is 0 Å². The third-order valence-corrected chi connectivity index (χ3v) is 5.00. The Morgan fingerprint density at radius 2 is 1.90 bits per heavy atom. The molecule has 7 nitrogen and oxygen atoms in total. The van der Waals surface area contributed by atoms with Gasteiger partial charge in [0.1, 0.15) is 6.61 Å². The first kappa shape index (κ1) is 22.2. The second-order valence-corrected chi connectivity index (χ2v) is 7.51. The van der Waals surface area contributed by atoms with Crippen LogP contribution in [0.4, 0.5) is 5.95 Å². The van der Waals surface area contributed by atoms with Gasteiger partial charge in [0.25, 0.3) is 0 Å². The molecule has 1 N–H and O–H groups in total. The van der Waals surface area contributed by atoms with Gasteiger partial charge in [-0.15, -0.1) is 0 Å². The van der Waals surface area contributed by atoms with E-state index in [1.54, 1.807) is 16.8 Å². The van der Waals surface area contributed by atoms with Crippen LogP contribution in [0.1, 0.15) is 37.8 Å². The van der Waals surface area contributed by atoms with Gasteiger partial charge < -0.3 is 14.8 Å². The molecule has 0 amide bonds. The van der Waals surface area contributed by atoms with Gasteiger partial charge in [0, 0.05) is 28.7 Å². The van der Waals surface area contributed by atoms with Crippen LogP contribution in [-0.2, 0) is 19.7 Å². The minimum atomic E-state index is 0.319. The summed E-state index contributed by atoms with van der Waals surface area (Å²) in [5.74, 6) is 1.98. The van der Waals surface area contributed by atoms with Crippen molar-refractivity contribution in [2.45, 2.75) is 46.4 Å². The van der Waals surface area contributed by atoms with Crippen LogP contribution in [0.5, 0.6) is 11.5 Å². The lowest BCUT2D eigenvalue weighted by molar-refractivity contribution is 0.269. The van der Waals surface area contributed by atoms with Crippen LogP contribution in [0.15, 0.2) is 36.4 Å². The molecule has 3 rings (SSSR count). The zero-order valence-electron chi connectivity index (χ0n) is 17.1. The summed E-state index contributed by atoms with van der Waals surface area (Å²) in [5.41, 5.74) is 1.88. The minimum Gasteiger partial charge on any atom is -0.490 e. The van der Waals surface area contributed by atoms with E-state index >= 15 is 0 Å². The summed E-state index contributed by atoms with van der Waals surface area (Å²) in [7, 11) is 0. The van der Waals surface area contributed by atoms with E-state index in [9.17, 15) is 0 Å². The molecule has 0 bridgehead atoms. The summed E-state index contributed by atoms with van der Waals surface area (Å²) in [6.07, 6.45) is 2.11. The molecule has 0 aliphatic heterocycles. The first-order chi connectivity index (χ1) is 14.6. The van der Waals surface area contributed by atoms with E-state index in [2.05, 4.69) is 27.8 Å². The van der Waals surface area contributed by atoms with E-state index in [4.69, 9.17) is 32.7 Å². The first-order valence-corrected chi connectivity index (χ1v) is 10.7. The van der Waals surface area contributed by atoms with E-state index in [0.717, 1.165) is 30.5 Å². The Labute approximate surface area is 186 Å². The number of rotatable bonds is 11. The Bertz CT molecular complexity index is 964. The fourth-order valence-corrected chi connectivity index (χ4v) is 3.28. The van der Waals surface area contributed by atoms with Crippen LogP contribution in [0.3, 0.4) is 0 Å². The van der Waals surface area contributed by atoms with Gasteiger partial charge in [-0.05, 0) is 53.6 Å². The summed E-state index contributed by atoms with van der Waals surface area (Å²) in [4.78, 5) is 0. The molecule has 0 spiro atoms. The molecule has 1 aromatic heterocycles. The predicted octanol–water partition coefficient (Wildman–Crippen LogP) is 5.37. The number of nitrogens with zero attached hydrogens (tertiary/aromatic N) is 4. The van der Waals surface area contributed by atoms with Crippen molar-refractivity contribution >= 4 is 29.2 Å². The second kappa shape index (κ2) is 11.0. The Kier molecular flexibility index (Phi) is 8.16. The molecule has 0 radical (unpaired) electrons. The third kappa shape index (κ3) is 6.00. The number of nitrogens with one attached hydrogen (secondary N) is 1. The molecule has 3 aromatic rings. The van der Waals surface area contributed by atoms with Crippen molar-refractivity contribution in [3.8, 4) is 11.5 Å². The van der Waals surface area contributed by atoms with Gasteiger partial charge in [-0.25, -0.2) is 4.68 Å². The van der Waals surface area contributed by atoms with Crippen LogP contribution >= 0.6 is 23.2 Å². The highest BCUT2D eigenvalue weighted by atomic mass is 35.5. The van der Waals surface area contributed by atoms with Crippen molar-refractivity contribution in [1.82, 2.24) is 20.2 Å². The maximum absolute atomic E-state index is 6.23. The van der Waals surface area contributed by atoms with E-state index in [0.29, 0.717) is 47.3 Å². The topological polar surface area (TPSA) is 74.1 Å². The van der Waals surface area contributed by atoms with Crippen molar-refractivity contribution in [2.24, 2.45) is 0 Å². The van der Waals surface area contributed by atoms with Crippen LogP contribution in [0.2, 0.25) is 10.0 Å². The second-order valence-electron chi connectivity index (χ2n) is 6.67. The average Bonchev–Trinajstić information content (AvgIpc) is 3.18. The minimum absolute atomic E-state index is 0.319. The molecule has 30 heavy (non-hydrogen) atoms. The summed E-state index contributed by atoms with van der Waals surface area (Å²) in [6.45, 7) is 6.28. The number of hydrogen-bond donors (Lipinski definition) is 1. The summed E-state index contributed by atoms with van der Waals surface area (Å²) < 4.78 is 13.5. The smallest absolute Gasteiger partial charge is 0.243 e. The number of aryl methyl sites for hydroxylation is 1. The Morgan fingerprint density at radius 1 is 1.03 bits per heavy atom. The number of ether oxygens (including phenoxy) is 2. The number of tetrazole rings is 1. The third-order valence-electron chi connectivity index (χ3n) is 4.41. The SMILES string of the molecule is CCCCn1nnnc1NCc1ccc(OCc2ccc(Cl)cc2Cl)c(OCC)c1. The van der Waals surface area contributed by atoms with Crippen molar-refractivity contribution in [2.75, 3.05) is 11.9 Å². The molecule has 0 aliphatic carbocycles. The number of aromatic nitrogens is 4. The van der Waals surface area contributed by atoms with E-state index in [1.807, 2.05) is 31.2 Å². The Hall–Kier alpha value is -2.51. The van der Waals surface area contributed by atoms with Gasteiger partial charge in [-0.3, -0.25) is 0 Å². The van der Waals surface area contributed by atoms with Crippen LogP contribution in [0.25, 0.3) is 0 Å². The lowest BCUT2D eigenvalue weighted by Crippen LogP contribution is -2.09. The van der Waals surface area contributed by atoms with Gasteiger partial charge in [-0.2, -0.15) is 0 Å². The highest BCUT2D eigenvalue weighted by Gasteiger charge is 2.10. The van der Waals surface area contributed by atoms with Crippen molar-refractivity contribution in [3.05, 3.63) is 57.6 Å². The predicted molar refractivity (Wildman–Crippen MR) is 118 cm³/mol. The molecule has 0 saturated carbocycles. The molecule has 0 atom stereocenters. The van der Waals surface area contributed by atoms with Crippen molar-refractivity contribution in [3.63, 3.8) is 0 Å². The van der Waals surface area contributed by atoms with E-state index in [1.165, 1.54) is 0 Å². The van der Waals surface area contributed by atoms with Gasteiger partial charge in [0.2, 0.25) is 5.95 Å². The standard InChI is InChI=1S/C21H25Cl2N5O2/c1-3-5-10-28-21(25-26-27-28)24-13-15-6-9-19(20(11-15)29-4-2)30-14-16-7-8-17(22)12-18(16)23/h6-9,11-12H,3-5,10,13-14H2,1-2H3,(H,24,25,27). The maximum atomic E-state index is 6.23. The fourth-order valence-electron chi connectivity index (χ4n) is 2.82. The normalized spacial score (nSPS) is 10.8. The van der Waals surface area contributed by atoms with Gasteiger partial charge in [-0.1, -0.05) is 53.8 Å². The number of halogens is 2. The summed E-state index contributed by atoms with van der Waals surface area (Å²) in [5, 5.41) is 16.3. The van der Waals surface area contributed by atoms with Gasteiger partial charge in [0.15, 0.2) is 11.5 Å². The molecule has 0 saturated heterocycles. The van der Waals surface area contributed by atoms with Gasteiger partial charge in [0.05, 0.1) is 6.61 Å². The summed E-state index contributed by atoms with van der Waals surface area (Å²) in [6, 6.07) is 11.2. The number of anilines is 1. The number of unbranched alkanes of at least 4 members (excludes halogenated alkanes) is 1. The molecule has 0 unspecified atom stereocenters. The fraction of sp³-hybridized carbons (Fsp3) is 0.381. The molecule has 0 fully saturated rings. The molecular weight excluding hydrogens is 425 g/mol. The molecule has 1 heterocycles.